The van der Waals surface area contributed by atoms with E-state index in [1.165, 1.54) is 10.7 Å². The number of aromatic nitrogens is 3. The van der Waals surface area contributed by atoms with Crippen LogP contribution in [0.4, 0.5) is 5.69 Å². The third kappa shape index (κ3) is 4.28. The van der Waals surface area contributed by atoms with Crippen molar-refractivity contribution in [1.29, 1.82) is 0 Å². The Bertz CT molecular complexity index is 1110. The van der Waals surface area contributed by atoms with Crippen molar-refractivity contribution in [2.75, 3.05) is 38.2 Å². The number of benzene rings is 1. The van der Waals surface area contributed by atoms with Crippen molar-refractivity contribution in [2.24, 2.45) is 0 Å². The maximum atomic E-state index is 13.1. The lowest BCUT2D eigenvalue weighted by Crippen LogP contribution is -2.51. The normalized spacial score (nSPS) is 14.9. The maximum absolute atomic E-state index is 13.1. The summed E-state index contributed by atoms with van der Waals surface area (Å²) in [5.41, 5.74) is 2.11. The number of ether oxygens (including phenoxy) is 1. The van der Waals surface area contributed by atoms with Gasteiger partial charge in [-0.05, 0) is 37.3 Å². The molecule has 0 radical (unpaired) electrons. The molecule has 1 aromatic carbocycles. The summed E-state index contributed by atoms with van der Waals surface area (Å²) in [5.74, 6) is 0.705. The number of anilines is 1. The first-order valence-electron chi connectivity index (χ1n) is 10.3. The van der Waals surface area contributed by atoms with Gasteiger partial charge in [0.1, 0.15) is 11.8 Å². The van der Waals surface area contributed by atoms with Crippen LogP contribution in [0.15, 0.2) is 65.7 Å². The molecule has 0 bridgehead atoms. The van der Waals surface area contributed by atoms with Gasteiger partial charge in [0.2, 0.25) is 5.91 Å². The molecule has 0 saturated carbocycles. The van der Waals surface area contributed by atoms with Crippen LogP contribution in [0.1, 0.15) is 13.0 Å². The number of methoxy groups -OCH3 is 1. The van der Waals surface area contributed by atoms with Gasteiger partial charge in [-0.2, -0.15) is 5.10 Å². The Labute approximate surface area is 180 Å². The fourth-order valence-corrected chi connectivity index (χ4v) is 3.80. The molecule has 1 saturated heterocycles. The van der Waals surface area contributed by atoms with E-state index in [2.05, 4.69) is 15.0 Å². The van der Waals surface area contributed by atoms with Gasteiger partial charge < -0.3 is 14.5 Å². The van der Waals surface area contributed by atoms with Crippen LogP contribution in [-0.2, 0) is 4.79 Å². The van der Waals surface area contributed by atoms with Gasteiger partial charge in [-0.3, -0.25) is 14.6 Å². The highest BCUT2D eigenvalue weighted by atomic mass is 16.5. The summed E-state index contributed by atoms with van der Waals surface area (Å²) in [6, 6.07) is 13.9. The molecule has 3 aromatic rings. The van der Waals surface area contributed by atoms with Crippen LogP contribution < -0.4 is 15.2 Å². The van der Waals surface area contributed by atoms with E-state index in [-0.39, 0.29) is 11.5 Å². The van der Waals surface area contributed by atoms with Gasteiger partial charge in [0.25, 0.3) is 5.56 Å². The van der Waals surface area contributed by atoms with E-state index in [1.54, 1.807) is 37.4 Å². The van der Waals surface area contributed by atoms with Crippen LogP contribution in [0.3, 0.4) is 0 Å². The number of pyridine rings is 1. The van der Waals surface area contributed by atoms with Gasteiger partial charge >= 0.3 is 0 Å². The molecule has 0 aliphatic carbocycles. The molecular weight excluding hydrogens is 394 g/mol. The Morgan fingerprint density at radius 1 is 1.03 bits per heavy atom. The second-order valence-electron chi connectivity index (χ2n) is 7.40. The number of nitrogens with zero attached hydrogens (tertiary/aromatic N) is 5. The van der Waals surface area contributed by atoms with E-state index in [9.17, 15) is 9.59 Å². The number of carbonyl (C=O) groups excluding carboxylic acids is 1. The Kier molecular flexibility index (Phi) is 5.97. The van der Waals surface area contributed by atoms with Gasteiger partial charge in [0.15, 0.2) is 0 Å². The zero-order valence-corrected chi connectivity index (χ0v) is 17.6. The number of amides is 1. The number of hydrogen-bond acceptors (Lipinski definition) is 6. The standard InChI is InChI=1S/C23H25N5O3/c1-17(28-22(29)10-9-19(25-28)18-6-5-11-24-16-18)23(30)27-14-12-26(13-15-27)20-7-3-4-8-21(20)31-2/h3-11,16-17H,12-15H2,1-2H3. The molecule has 31 heavy (non-hydrogen) atoms. The molecule has 4 rings (SSSR count). The van der Waals surface area contributed by atoms with E-state index in [1.807, 2.05) is 36.4 Å². The molecule has 1 aliphatic rings. The summed E-state index contributed by atoms with van der Waals surface area (Å²) >= 11 is 0. The lowest BCUT2D eigenvalue weighted by atomic mass is 10.2. The minimum Gasteiger partial charge on any atom is -0.495 e. The fraction of sp³-hybridized carbons (Fsp3) is 0.304. The number of rotatable bonds is 5. The van der Waals surface area contributed by atoms with Gasteiger partial charge in [-0.25, -0.2) is 4.68 Å². The van der Waals surface area contributed by atoms with Gasteiger partial charge in [-0.15, -0.1) is 0 Å². The Morgan fingerprint density at radius 3 is 2.52 bits per heavy atom. The van der Waals surface area contributed by atoms with Crippen LogP contribution in [0.25, 0.3) is 11.3 Å². The smallest absolute Gasteiger partial charge is 0.267 e. The zero-order chi connectivity index (χ0) is 21.8. The van der Waals surface area contributed by atoms with Gasteiger partial charge in [0, 0.05) is 50.2 Å². The average Bonchev–Trinajstić information content (AvgIpc) is 2.84. The van der Waals surface area contributed by atoms with Gasteiger partial charge in [0.05, 0.1) is 18.5 Å². The minimum atomic E-state index is -0.693. The molecule has 0 spiro atoms. The topological polar surface area (TPSA) is 80.6 Å². The van der Waals surface area contributed by atoms with E-state index in [4.69, 9.17) is 4.74 Å². The molecule has 1 amide bonds. The Hall–Kier alpha value is -3.68. The van der Waals surface area contributed by atoms with Crippen molar-refractivity contribution in [3.8, 4) is 17.0 Å². The number of carbonyl (C=O) groups is 1. The first-order chi connectivity index (χ1) is 15.1. The Morgan fingerprint density at radius 2 is 1.81 bits per heavy atom. The highest BCUT2D eigenvalue weighted by Gasteiger charge is 2.28. The van der Waals surface area contributed by atoms with E-state index in [0.29, 0.717) is 31.9 Å². The SMILES string of the molecule is COc1ccccc1N1CCN(C(=O)C(C)n2nc(-c3cccnc3)ccc2=O)CC1. The van der Waals surface area contributed by atoms with Crippen molar-refractivity contribution in [3.63, 3.8) is 0 Å². The molecular formula is C23H25N5O3. The van der Waals surface area contributed by atoms with E-state index in [0.717, 1.165) is 17.0 Å². The number of piperazine rings is 1. The first-order valence-corrected chi connectivity index (χ1v) is 10.3. The molecule has 8 heteroatoms. The first kappa shape index (κ1) is 20.6. The third-order valence-corrected chi connectivity index (χ3v) is 5.52. The Balaban J connectivity index is 1.48. The number of hydrogen-bond donors (Lipinski definition) is 0. The lowest BCUT2D eigenvalue weighted by molar-refractivity contribution is -0.135. The minimum absolute atomic E-state index is 0.113. The average molecular weight is 419 g/mol. The lowest BCUT2D eigenvalue weighted by Gasteiger charge is -2.37. The predicted octanol–water partition coefficient (Wildman–Crippen LogP) is 2.22. The molecule has 3 heterocycles. The summed E-state index contributed by atoms with van der Waals surface area (Å²) < 4.78 is 6.72. The summed E-state index contributed by atoms with van der Waals surface area (Å²) in [5, 5.41) is 4.43. The summed E-state index contributed by atoms with van der Waals surface area (Å²) in [6.45, 7) is 4.24. The van der Waals surface area contributed by atoms with Crippen molar-refractivity contribution < 1.29 is 9.53 Å². The van der Waals surface area contributed by atoms with Crippen LogP contribution in [-0.4, -0.2) is 58.9 Å². The summed E-state index contributed by atoms with van der Waals surface area (Å²) in [7, 11) is 1.66. The quantitative estimate of drug-likeness (QED) is 0.631. The zero-order valence-electron chi connectivity index (χ0n) is 17.6. The highest BCUT2D eigenvalue weighted by molar-refractivity contribution is 5.80. The van der Waals surface area contributed by atoms with Gasteiger partial charge in [-0.1, -0.05) is 12.1 Å². The van der Waals surface area contributed by atoms with Crippen LogP contribution in [0, 0.1) is 0 Å². The molecule has 1 unspecified atom stereocenters. The summed E-state index contributed by atoms with van der Waals surface area (Å²) in [4.78, 5) is 33.7. The van der Waals surface area contributed by atoms with E-state index >= 15 is 0 Å². The molecule has 1 aliphatic heterocycles. The van der Waals surface area contributed by atoms with E-state index < -0.39 is 6.04 Å². The largest absolute Gasteiger partial charge is 0.495 e. The van der Waals surface area contributed by atoms with Crippen LogP contribution in [0.5, 0.6) is 5.75 Å². The molecule has 8 nitrogen and oxygen atoms in total. The summed E-state index contributed by atoms with van der Waals surface area (Å²) in [6.07, 6.45) is 3.36. The molecule has 1 fully saturated rings. The maximum Gasteiger partial charge on any atom is 0.267 e. The second-order valence-corrected chi connectivity index (χ2v) is 7.40. The van der Waals surface area contributed by atoms with Crippen molar-refractivity contribution in [2.45, 2.75) is 13.0 Å². The van der Waals surface area contributed by atoms with Crippen LogP contribution in [0.2, 0.25) is 0 Å². The van der Waals surface area contributed by atoms with Crippen molar-refractivity contribution in [1.82, 2.24) is 19.7 Å². The van der Waals surface area contributed by atoms with Crippen LogP contribution >= 0.6 is 0 Å². The molecule has 160 valence electrons. The van der Waals surface area contributed by atoms with Crippen molar-refractivity contribution in [3.05, 3.63) is 71.3 Å². The number of para-hydroxylation sites is 2. The van der Waals surface area contributed by atoms with Crippen molar-refractivity contribution >= 4 is 11.6 Å². The molecule has 0 N–H and O–H groups in total. The predicted molar refractivity (Wildman–Crippen MR) is 118 cm³/mol. The third-order valence-electron chi connectivity index (χ3n) is 5.52. The molecule has 2 aromatic heterocycles. The second kappa shape index (κ2) is 8.99. The fourth-order valence-electron chi connectivity index (χ4n) is 3.80. The monoisotopic (exact) mass is 419 g/mol. The highest BCUT2D eigenvalue weighted by Crippen LogP contribution is 2.28. The molecule has 1 atom stereocenters.